The van der Waals surface area contributed by atoms with Crippen LogP contribution >= 0.6 is 11.6 Å². The van der Waals surface area contributed by atoms with E-state index in [9.17, 15) is 13.2 Å². The molecular weight excluding hydrogens is 324 g/mol. The van der Waals surface area contributed by atoms with Gasteiger partial charge < -0.3 is 5.32 Å². The van der Waals surface area contributed by atoms with Crippen molar-refractivity contribution >= 4 is 27.5 Å². The van der Waals surface area contributed by atoms with Crippen molar-refractivity contribution in [1.82, 2.24) is 9.62 Å². The first kappa shape index (κ1) is 17.2. The molecule has 0 unspecified atom stereocenters. The lowest BCUT2D eigenvalue weighted by molar-refractivity contribution is 0.0924. The molecule has 0 atom stereocenters. The van der Waals surface area contributed by atoms with Crippen LogP contribution < -0.4 is 5.32 Å². The minimum Gasteiger partial charge on any atom is -0.349 e. The predicted octanol–water partition coefficient (Wildman–Crippen LogP) is 2.27. The average molecular weight is 345 g/mol. The molecule has 0 bridgehead atoms. The molecular formula is C15H21ClN2O3S. The maximum absolute atomic E-state index is 12.1. The van der Waals surface area contributed by atoms with Crippen molar-refractivity contribution in [2.24, 2.45) is 0 Å². The molecule has 22 heavy (non-hydrogen) atoms. The highest BCUT2D eigenvalue weighted by atomic mass is 35.5. The molecule has 1 aliphatic heterocycles. The van der Waals surface area contributed by atoms with E-state index in [1.54, 1.807) is 24.3 Å². The molecule has 1 fully saturated rings. The normalized spacial score (nSPS) is 17.4. The fraction of sp³-hybridized carbons (Fsp3) is 0.533. The summed E-state index contributed by atoms with van der Waals surface area (Å²) in [7, 11) is -3.14. The highest BCUT2D eigenvalue weighted by Crippen LogP contribution is 2.16. The first-order chi connectivity index (χ1) is 10.4. The molecule has 7 heteroatoms. The Bertz CT molecular complexity index is 625. The van der Waals surface area contributed by atoms with Gasteiger partial charge in [0.05, 0.1) is 5.75 Å². The molecule has 0 aromatic heterocycles. The third-order valence-corrected chi connectivity index (χ3v) is 6.04. The summed E-state index contributed by atoms with van der Waals surface area (Å²) in [6.07, 6.45) is 1.89. The van der Waals surface area contributed by atoms with Gasteiger partial charge >= 0.3 is 0 Å². The van der Waals surface area contributed by atoms with Gasteiger partial charge in [0.25, 0.3) is 5.91 Å². The van der Waals surface area contributed by atoms with Crippen molar-refractivity contribution in [2.75, 3.05) is 18.8 Å². The quantitative estimate of drug-likeness (QED) is 0.891. The molecule has 1 amide bonds. The van der Waals surface area contributed by atoms with E-state index in [4.69, 9.17) is 11.6 Å². The molecule has 0 saturated carbocycles. The zero-order valence-corrected chi connectivity index (χ0v) is 14.2. The van der Waals surface area contributed by atoms with Crippen LogP contribution in [0.15, 0.2) is 24.3 Å². The maximum atomic E-state index is 12.1. The van der Waals surface area contributed by atoms with E-state index < -0.39 is 10.0 Å². The van der Waals surface area contributed by atoms with Gasteiger partial charge in [-0.1, -0.05) is 24.6 Å². The third-order valence-electron chi connectivity index (χ3n) is 3.73. The topological polar surface area (TPSA) is 66.5 Å². The van der Waals surface area contributed by atoms with Crippen LogP contribution in [-0.4, -0.2) is 43.5 Å². The first-order valence-electron chi connectivity index (χ1n) is 7.46. The SMILES string of the molecule is CCCS(=O)(=O)N1CCC(NC(=O)c2cccc(Cl)c2)CC1. The molecule has 0 radical (unpaired) electrons. The van der Waals surface area contributed by atoms with Crippen LogP contribution in [0, 0.1) is 0 Å². The van der Waals surface area contributed by atoms with Gasteiger partial charge in [0.15, 0.2) is 0 Å². The number of hydrogen-bond acceptors (Lipinski definition) is 3. The predicted molar refractivity (Wildman–Crippen MR) is 87.6 cm³/mol. The number of piperidine rings is 1. The minimum absolute atomic E-state index is 0.000409. The Morgan fingerprint density at radius 1 is 1.36 bits per heavy atom. The van der Waals surface area contributed by atoms with Crippen LogP contribution in [0.3, 0.4) is 0 Å². The van der Waals surface area contributed by atoms with E-state index >= 15 is 0 Å². The zero-order valence-electron chi connectivity index (χ0n) is 12.6. The first-order valence-corrected chi connectivity index (χ1v) is 9.45. The summed E-state index contributed by atoms with van der Waals surface area (Å²) in [6.45, 7) is 2.78. The van der Waals surface area contributed by atoms with Gasteiger partial charge in [0, 0.05) is 29.7 Å². The summed E-state index contributed by atoms with van der Waals surface area (Å²) in [5, 5.41) is 3.47. The van der Waals surface area contributed by atoms with Crippen molar-refractivity contribution < 1.29 is 13.2 Å². The molecule has 122 valence electrons. The van der Waals surface area contributed by atoms with Crippen LogP contribution in [0.25, 0.3) is 0 Å². The van der Waals surface area contributed by atoms with E-state index in [1.807, 2.05) is 6.92 Å². The lowest BCUT2D eigenvalue weighted by Gasteiger charge is -2.31. The molecule has 1 N–H and O–H groups in total. The van der Waals surface area contributed by atoms with Gasteiger partial charge in [-0.05, 0) is 37.5 Å². The largest absolute Gasteiger partial charge is 0.349 e. The van der Waals surface area contributed by atoms with E-state index in [0.717, 1.165) is 0 Å². The van der Waals surface area contributed by atoms with Gasteiger partial charge in [0.1, 0.15) is 0 Å². The number of nitrogens with zero attached hydrogens (tertiary/aromatic N) is 1. The number of halogens is 1. The molecule has 5 nitrogen and oxygen atoms in total. The monoisotopic (exact) mass is 344 g/mol. The highest BCUT2D eigenvalue weighted by molar-refractivity contribution is 7.89. The Kier molecular flexibility index (Phi) is 5.83. The van der Waals surface area contributed by atoms with Gasteiger partial charge in [-0.3, -0.25) is 4.79 Å². The van der Waals surface area contributed by atoms with Crippen LogP contribution in [0.2, 0.25) is 5.02 Å². The Labute approximate surface area is 136 Å². The van der Waals surface area contributed by atoms with Gasteiger partial charge in [-0.2, -0.15) is 0 Å². The third kappa shape index (κ3) is 4.44. The number of carbonyl (C=O) groups is 1. The Balaban J connectivity index is 1.89. The number of carbonyl (C=O) groups excluding carboxylic acids is 1. The molecule has 0 spiro atoms. The van der Waals surface area contributed by atoms with Gasteiger partial charge in [-0.25, -0.2) is 12.7 Å². The molecule has 1 aromatic carbocycles. The minimum atomic E-state index is -3.14. The maximum Gasteiger partial charge on any atom is 0.251 e. The Hall–Kier alpha value is -1.11. The second kappa shape index (κ2) is 7.44. The van der Waals surface area contributed by atoms with Crippen molar-refractivity contribution in [2.45, 2.75) is 32.2 Å². The zero-order chi connectivity index (χ0) is 16.2. The summed E-state index contributed by atoms with van der Waals surface area (Å²) in [5.41, 5.74) is 0.522. The lowest BCUT2D eigenvalue weighted by Crippen LogP contribution is -2.47. The number of sulfonamides is 1. The number of hydrogen-bond donors (Lipinski definition) is 1. The number of rotatable bonds is 5. The molecule has 1 aliphatic rings. The average Bonchev–Trinajstić information content (AvgIpc) is 2.47. The van der Waals surface area contributed by atoms with Crippen LogP contribution in [0.5, 0.6) is 0 Å². The van der Waals surface area contributed by atoms with Gasteiger partial charge in [-0.15, -0.1) is 0 Å². The van der Waals surface area contributed by atoms with E-state index in [2.05, 4.69) is 5.32 Å². The fourth-order valence-corrected chi connectivity index (χ4v) is 4.30. The summed E-state index contributed by atoms with van der Waals surface area (Å²) in [6, 6.07) is 6.78. The van der Waals surface area contributed by atoms with E-state index in [0.29, 0.717) is 42.9 Å². The van der Waals surface area contributed by atoms with E-state index in [-0.39, 0.29) is 17.7 Å². The second-order valence-electron chi connectivity index (χ2n) is 5.47. The summed E-state index contributed by atoms with van der Waals surface area (Å²) < 4.78 is 25.5. The van der Waals surface area contributed by atoms with Crippen LogP contribution in [0.4, 0.5) is 0 Å². The van der Waals surface area contributed by atoms with Crippen molar-refractivity contribution in [3.63, 3.8) is 0 Å². The van der Waals surface area contributed by atoms with Crippen molar-refractivity contribution in [3.8, 4) is 0 Å². The van der Waals surface area contributed by atoms with Crippen LogP contribution in [0.1, 0.15) is 36.5 Å². The molecule has 1 aromatic rings. The Morgan fingerprint density at radius 2 is 2.05 bits per heavy atom. The standard InChI is InChI=1S/C15H21ClN2O3S/c1-2-10-22(20,21)18-8-6-14(7-9-18)17-15(19)12-4-3-5-13(16)11-12/h3-5,11,14H,2,6-10H2,1H3,(H,17,19). The van der Waals surface area contributed by atoms with Crippen molar-refractivity contribution in [3.05, 3.63) is 34.9 Å². The van der Waals surface area contributed by atoms with Crippen molar-refractivity contribution in [1.29, 1.82) is 0 Å². The summed E-state index contributed by atoms with van der Waals surface area (Å²) in [4.78, 5) is 12.1. The second-order valence-corrected chi connectivity index (χ2v) is 8.00. The number of amides is 1. The smallest absolute Gasteiger partial charge is 0.251 e. The molecule has 0 aliphatic carbocycles. The molecule has 1 saturated heterocycles. The lowest BCUT2D eigenvalue weighted by atomic mass is 10.1. The highest BCUT2D eigenvalue weighted by Gasteiger charge is 2.28. The molecule has 1 heterocycles. The Morgan fingerprint density at radius 3 is 2.64 bits per heavy atom. The fourth-order valence-electron chi connectivity index (χ4n) is 2.56. The number of nitrogens with one attached hydrogen (secondary N) is 1. The summed E-state index contributed by atoms with van der Waals surface area (Å²) in [5.74, 6) is 0.0179. The molecule has 2 rings (SSSR count). The number of benzene rings is 1. The summed E-state index contributed by atoms with van der Waals surface area (Å²) >= 11 is 5.88. The van der Waals surface area contributed by atoms with E-state index in [1.165, 1.54) is 4.31 Å². The van der Waals surface area contributed by atoms with Gasteiger partial charge in [0.2, 0.25) is 10.0 Å². The van der Waals surface area contributed by atoms with Crippen LogP contribution in [-0.2, 0) is 10.0 Å².